The minimum atomic E-state index is 0.334. The Bertz CT molecular complexity index is 122. The summed E-state index contributed by atoms with van der Waals surface area (Å²) in [4.78, 5) is 0. The molecular weight excluding hydrogens is 126 g/mol. The van der Waals surface area contributed by atoms with Crippen molar-refractivity contribution < 1.29 is 4.74 Å². The number of hydrogen-bond donors (Lipinski definition) is 1. The van der Waals surface area contributed by atoms with Crippen LogP contribution in [-0.2, 0) is 4.74 Å². The first-order chi connectivity index (χ1) is 4.88. The molecule has 0 aromatic carbocycles. The minimum absolute atomic E-state index is 0.334. The van der Waals surface area contributed by atoms with Crippen LogP contribution in [-0.4, -0.2) is 18.8 Å². The maximum absolute atomic E-state index is 5.89. The van der Waals surface area contributed by atoms with Gasteiger partial charge >= 0.3 is 0 Å². The summed E-state index contributed by atoms with van der Waals surface area (Å²) in [6.45, 7) is 0.939. The van der Waals surface area contributed by atoms with Gasteiger partial charge in [0.1, 0.15) is 0 Å². The smallest absolute Gasteiger partial charge is 0.0753 e. The molecule has 2 nitrogen and oxygen atoms in total. The van der Waals surface area contributed by atoms with Gasteiger partial charge in [-0.3, -0.25) is 0 Å². The van der Waals surface area contributed by atoms with Gasteiger partial charge in [0, 0.05) is 12.6 Å². The van der Waals surface area contributed by atoms with Gasteiger partial charge < -0.3 is 10.5 Å². The van der Waals surface area contributed by atoms with E-state index in [1.807, 2.05) is 0 Å². The first-order valence-corrected chi connectivity index (χ1v) is 4.25. The van der Waals surface area contributed by atoms with Crippen LogP contribution in [0.4, 0.5) is 0 Å². The van der Waals surface area contributed by atoms with E-state index in [0.29, 0.717) is 12.1 Å². The predicted octanol–water partition coefficient (Wildman–Crippen LogP) is 0.903. The van der Waals surface area contributed by atoms with Crippen molar-refractivity contribution >= 4 is 0 Å². The van der Waals surface area contributed by atoms with Gasteiger partial charge in [0.2, 0.25) is 0 Å². The minimum Gasteiger partial charge on any atom is -0.376 e. The Morgan fingerprint density at radius 1 is 1.20 bits per heavy atom. The van der Waals surface area contributed by atoms with E-state index in [9.17, 15) is 0 Å². The molecule has 2 aliphatic rings. The zero-order chi connectivity index (χ0) is 6.97. The quantitative estimate of drug-likeness (QED) is 0.589. The van der Waals surface area contributed by atoms with Gasteiger partial charge in [-0.05, 0) is 31.6 Å². The second kappa shape index (κ2) is 2.51. The molecule has 2 fully saturated rings. The zero-order valence-corrected chi connectivity index (χ0v) is 6.25. The molecule has 0 radical (unpaired) electrons. The maximum atomic E-state index is 5.89. The van der Waals surface area contributed by atoms with Crippen molar-refractivity contribution in [1.29, 1.82) is 0 Å². The number of ether oxygens (including phenoxy) is 1. The molecule has 0 spiro atoms. The van der Waals surface area contributed by atoms with E-state index in [-0.39, 0.29) is 0 Å². The van der Waals surface area contributed by atoms with Gasteiger partial charge in [0.25, 0.3) is 0 Å². The van der Waals surface area contributed by atoms with Gasteiger partial charge in [0.15, 0.2) is 0 Å². The van der Waals surface area contributed by atoms with Gasteiger partial charge in [-0.25, -0.2) is 0 Å². The maximum Gasteiger partial charge on any atom is 0.0753 e. The number of hydrogen-bond acceptors (Lipinski definition) is 2. The van der Waals surface area contributed by atoms with Crippen molar-refractivity contribution in [3.05, 3.63) is 0 Å². The average molecular weight is 141 g/mol. The summed E-state index contributed by atoms with van der Waals surface area (Å²) in [5.74, 6) is 0.815. The Morgan fingerprint density at radius 3 is 2.60 bits per heavy atom. The molecule has 2 atom stereocenters. The molecule has 0 aromatic rings. The highest BCUT2D eigenvalue weighted by Crippen LogP contribution is 2.37. The summed E-state index contributed by atoms with van der Waals surface area (Å²) in [5, 5.41) is 0. The fourth-order valence-electron chi connectivity index (χ4n) is 1.74. The Kier molecular flexibility index (Phi) is 1.66. The monoisotopic (exact) mass is 141 g/mol. The van der Waals surface area contributed by atoms with Crippen molar-refractivity contribution in [3.8, 4) is 0 Å². The Labute approximate surface area is 61.7 Å². The lowest BCUT2D eigenvalue weighted by molar-refractivity contribution is -0.0116. The molecule has 1 aliphatic carbocycles. The Hall–Kier alpha value is -0.0800. The van der Waals surface area contributed by atoms with Crippen LogP contribution < -0.4 is 5.73 Å². The van der Waals surface area contributed by atoms with Crippen LogP contribution in [0.5, 0.6) is 0 Å². The third kappa shape index (κ3) is 1.18. The van der Waals surface area contributed by atoms with E-state index in [0.717, 1.165) is 18.9 Å². The van der Waals surface area contributed by atoms with Gasteiger partial charge in [-0.2, -0.15) is 0 Å². The van der Waals surface area contributed by atoms with Crippen molar-refractivity contribution in [2.24, 2.45) is 11.7 Å². The Balaban J connectivity index is 1.90. The normalized spacial score (nSPS) is 41.7. The molecule has 0 aromatic heterocycles. The van der Waals surface area contributed by atoms with Crippen molar-refractivity contribution in [2.75, 3.05) is 6.61 Å². The van der Waals surface area contributed by atoms with Gasteiger partial charge in [-0.15, -0.1) is 0 Å². The SMILES string of the molecule is NC1CCCOC1C1CC1. The van der Waals surface area contributed by atoms with E-state index in [1.165, 1.54) is 19.3 Å². The summed E-state index contributed by atoms with van der Waals surface area (Å²) >= 11 is 0. The van der Waals surface area contributed by atoms with E-state index in [2.05, 4.69) is 0 Å². The Morgan fingerprint density at radius 2 is 2.00 bits per heavy atom. The van der Waals surface area contributed by atoms with E-state index >= 15 is 0 Å². The van der Waals surface area contributed by atoms with Crippen molar-refractivity contribution in [2.45, 2.75) is 37.8 Å². The molecule has 58 valence electrons. The van der Waals surface area contributed by atoms with E-state index in [1.54, 1.807) is 0 Å². The van der Waals surface area contributed by atoms with E-state index < -0.39 is 0 Å². The molecule has 1 heterocycles. The third-order valence-corrected chi connectivity index (χ3v) is 2.50. The fourth-order valence-corrected chi connectivity index (χ4v) is 1.74. The van der Waals surface area contributed by atoms with Crippen molar-refractivity contribution in [3.63, 3.8) is 0 Å². The summed E-state index contributed by atoms with van der Waals surface area (Å²) in [6.07, 6.45) is 5.43. The molecule has 2 heteroatoms. The zero-order valence-electron chi connectivity index (χ0n) is 6.25. The molecule has 10 heavy (non-hydrogen) atoms. The molecule has 2 N–H and O–H groups in total. The largest absolute Gasteiger partial charge is 0.376 e. The molecule has 0 bridgehead atoms. The van der Waals surface area contributed by atoms with Crippen LogP contribution in [0.25, 0.3) is 0 Å². The second-order valence-electron chi connectivity index (χ2n) is 3.48. The van der Waals surface area contributed by atoms with Crippen molar-refractivity contribution in [1.82, 2.24) is 0 Å². The van der Waals surface area contributed by atoms with Crippen LogP contribution in [0, 0.1) is 5.92 Å². The third-order valence-electron chi connectivity index (χ3n) is 2.50. The first kappa shape index (κ1) is 6.62. The molecule has 2 rings (SSSR count). The lowest BCUT2D eigenvalue weighted by Crippen LogP contribution is -2.41. The molecule has 2 unspecified atom stereocenters. The predicted molar refractivity (Wildman–Crippen MR) is 39.7 cm³/mol. The van der Waals surface area contributed by atoms with Crippen LogP contribution in [0.15, 0.2) is 0 Å². The lowest BCUT2D eigenvalue weighted by Gasteiger charge is -2.28. The van der Waals surface area contributed by atoms with Gasteiger partial charge in [-0.1, -0.05) is 0 Å². The van der Waals surface area contributed by atoms with Gasteiger partial charge in [0.05, 0.1) is 6.10 Å². The molecule has 1 aliphatic heterocycles. The molecule has 0 amide bonds. The molecule has 1 saturated heterocycles. The first-order valence-electron chi connectivity index (χ1n) is 4.25. The molecular formula is C8H15NO. The highest BCUT2D eigenvalue weighted by Gasteiger charge is 2.37. The second-order valence-corrected chi connectivity index (χ2v) is 3.48. The van der Waals surface area contributed by atoms with Crippen LogP contribution >= 0.6 is 0 Å². The van der Waals surface area contributed by atoms with Crippen LogP contribution in [0.1, 0.15) is 25.7 Å². The van der Waals surface area contributed by atoms with E-state index in [4.69, 9.17) is 10.5 Å². The molecule has 1 saturated carbocycles. The van der Waals surface area contributed by atoms with Crippen LogP contribution in [0.3, 0.4) is 0 Å². The lowest BCUT2D eigenvalue weighted by atomic mass is 10.00. The highest BCUT2D eigenvalue weighted by atomic mass is 16.5. The number of rotatable bonds is 1. The topological polar surface area (TPSA) is 35.2 Å². The summed E-state index contributed by atoms with van der Waals surface area (Å²) < 4.78 is 5.59. The number of nitrogens with two attached hydrogens (primary N) is 1. The summed E-state index contributed by atoms with van der Waals surface area (Å²) in [5.41, 5.74) is 5.89. The summed E-state index contributed by atoms with van der Waals surface area (Å²) in [6, 6.07) is 0.334. The highest BCUT2D eigenvalue weighted by molar-refractivity contribution is 4.90. The fraction of sp³-hybridized carbons (Fsp3) is 1.00. The van der Waals surface area contributed by atoms with Crippen LogP contribution in [0.2, 0.25) is 0 Å². The standard InChI is InChI=1S/C8H15NO/c9-7-2-1-5-10-8(7)6-3-4-6/h6-8H,1-5,9H2. The average Bonchev–Trinajstić information content (AvgIpc) is 2.71. The summed E-state index contributed by atoms with van der Waals surface area (Å²) in [7, 11) is 0.